The van der Waals surface area contributed by atoms with E-state index in [-0.39, 0.29) is 23.9 Å². The first-order valence-electron chi connectivity index (χ1n) is 8.42. The van der Waals surface area contributed by atoms with Crippen LogP contribution >= 0.6 is 11.3 Å². The maximum Gasteiger partial charge on any atom is 0.315 e. The van der Waals surface area contributed by atoms with Crippen molar-refractivity contribution < 1.29 is 9.18 Å². The van der Waals surface area contributed by atoms with Gasteiger partial charge in [0.05, 0.1) is 12.1 Å². The highest BCUT2D eigenvalue weighted by Crippen LogP contribution is 2.43. The number of hydrogen-bond acceptors (Lipinski definition) is 3. The highest BCUT2D eigenvalue weighted by molar-refractivity contribution is 7.09. The van der Waals surface area contributed by atoms with Gasteiger partial charge >= 0.3 is 6.03 Å². The van der Waals surface area contributed by atoms with Crippen LogP contribution in [0.5, 0.6) is 0 Å². The van der Waals surface area contributed by atoms with Crippen LogP contribution in [0.15, 0.2) is 35.8 Å². The number of aromatic nitrogens is 1. The van der Waals surface area contributed by atoms with Gasteiger partial charge in [0.15, 0.2) is 0 Å². The molecule has 0 aliphatic heterocycles. The van der Waals surface area contributed by atoms with Gasteiger partial charge in [-0.15, -0.1) is 11.3 Å². The molecule has 4 nitrogen and oxygen atoms in total. The van der Waals surface area contributed by atoms with Gasteiger partial charge in [0.2, 0.25) is 0 Å². The fourth-order valence-corrected chi connectivity index (χ4v) is 3.88. The summed E-state index contributed by atoms with van der Waals surface area (Å²) < 4.78 is 13.1. The van der Waals surface area contributed by atoms with Gasteiger partial charge < -0.3 is 10.6 Å². The normalized spacial score (nSPS) is 19.5. The molecule has 1 aromatic carbocycles. The molecule has 2 fully saturated rings. The third-order valence-corrected chi connectivity index (χ3v) is 5.57. The molecule has 0 saturated heterocycles. The van der Waals surface area contributed by atoms with Gasteiger partial charge in [-0.25, -0.2) is 14.2 Å². The van der Waals surface area contributed by atoms with Crippen LogP contribution in [0.1, 0.15) is 48.3 Å². The van der Waals surface area contributed by atoms with Gasteiger partial charge in [0, 0.05) is 11.6 Å². The van der Waals surface area contributed by atoms with Crippen molar-refractivity contribution in [3.63, 3.8) is 0 Å². The second-order valence-electron chi connectivity index (χ2n) is 6.67. The van der Waals surface area contributed by atoms with Crippen molar-refractivity contribution in [3.05, 3.63) is 52.2 Å². The molecule has 24 heavy (non-hydrogen) atoms. The van der Waals surface area contributed by atoms with Gasteiger partial charge in [0.1, 0.15) is 10.8 Å². The number of benzene rings is 1. The number of halogens is 1. The summed E-state index contributed by atoms with van der Waals surface area (Å²) in [7, 11) is 0. The number of thiazole rings is 1. The molecular weight excluding hydrogens is 325 g/mol. The summed E-state index contributed by atoms with van der Waals surface area (Å²) in [6.45, 7) is 0. The summed E-state index contributed by atoms with van der Waals surface area (Å²) >= 11 is 1.58. The smallest absolute Gasteiger partial charge is 0.315 e. The highest BCUT2D eigenvalue weighted by Gasteiger charge is 2.37. The van der Waals surface area contributed by atoms with Crippen molar-refractivity contribution in [3.8, 4) is 0 Å². The average Bonchev–Trinajstić information content (AvgIpc) is 3.50. The van der Waals surface area contributed by atoms with Crippen molar-refractivity contribution in [2.75, 3.05) is 0 Å². The third kappa shape index (κ3) is 3.59. The Bertz CT molecular complexity index is 696. The van der Waals surface area contributed by atoms with E-state index in [9.17, 15) is 9.18 Å². The van der Waals surface area contributed by atoms with E-state index in [0.717, 1.165) is 36.3 Å². The minimum Gasteiger partial charge on any atom is -0.331 e. The number of urea groups is 1. The largest absolute Gasteiger partial charge is 0.331 e. The Balaban J connectivity index is 1.44. The topological polar surface area (TPSA) is 54.0 Å². The van der Waals surface area contributed by atoms with E-state index in [0.29, 0.717) is 11.8 Å². The average molecular weight is 345 g/mol. The molecule has 2 aromatic rings. The Kier molecular flexibility index (Phi) is 4.22. The molecule has 2 saturated carbocycles. The number of nitrogens with one attached hydrogen (secondary N) is 2. The third-order valence-electron chi connectivity index (χ3n) is 4.71. The molecule has 2 amide bonds. The lowest BCUT2D eigenvalue weighted by molar-refractivity contribution is 0.230. The van der Waals surface area contributed by atoms with E-state index in [1.165, 1.54) is 12.1 Å². The lowest BCUT2D eigenvalue weighted by Gasteiger charge is -2.22. The Hall–Kier alpha value is -1.95. The predicted octanol–water partition coefficient (Wildman–Crippen LogP) is 4.18. The van der Waals surface area contributed by atoms with Crippen molar-refractivity contribution in [2.24, 2.45) is 11.8 Å². The molecule has 1 aromatic heterocycles. The summed E-state index contributed by atoms with van der Waals surface area (Å²) in [6.07, 6.45) is 6.24. The molecule has 0 spiro atoms. The lowest BCUT2D eigenvalue weighted by atomic mass is 10.0. The zero-order valence-electron chi connectivity index (χ0n) is 13.2. The number of nitrogens with zero attached hydrogens (tertiary/aromatic N) is 1. The van der Waals surface area contributed by atoms with Gasteiger partial charge in [-0.2, -0.15) is 0 Å². The molecule has 0 bridgehead atoms. The van der Waals surface area contributed by atoms with Crippen molar-refractivity contribution in [1.29, 1.82) is 0 Å². The van der Waals surface area contributed by atoms with Crippen molar-refractivity contribution >= 4 is 17.4 Å². The molecule has 2 aliphatic carbocycles. The zero-order valence-corrected chi connectivity index (χ0v) is 14.1. The highest BCUT2D eigenvalue weighted by atomic mass is 32.1. The zero-order chi connectivity index (χ0) is 16.5. The van der Waals surface area contributed by atoms with E-state index < -0.39 is 0 Å². The van der Waals surface area contributed by atoms with E-state index in [1.54, 1.807) is 29.7 Å². The molecule has 1 heterocycles. The maximum atomic E-state index is 13.1. The molecule has 2 aliphatic rings. The molecule has 6 heteroatoms. The first-order chi connectivity index (χ1) is 11.7. The van der Waals surface area contributed by atoms with E-state index >= 15 is 0 Å². The fourth-order valence-electron chi connectivity index (χ4n) is 3.10. The van der Waals surface area contributed by atoms with Gasteiger partial charge in [0.25, 0.3) is 0 Å². The fraction of sp³-hybridized carbons (Fsp3) is 0.444. The van der Waals surface area contributed by atoms with Gasteiger partial charge in [-0.3, -0.25) is 0 Å². The monoisotopic (exact) mass is 345 g/mol. The summed E-state index contributed by atoms with van der Waals surface area (Å²) in [6, 6.07) is 6.21. The molecule has 0 unspecified atom stereocenters. The minimum atomic E-state index is -0.254. The number of rotatable bonds is 6. The molecule has 4 rings (SSSR count). The van der Waals surface area contributed by atoms with Gasteiger partial charge in [-0.05, 0) is 55.2 Å². The van der Waals surface area contributed by atoms with Crippen LogP contribution in [-0.4, -0.2) is 11.0 Å². The number of amides is 2. The van der Waals surface area contributed by atoms with E-state index in [1.807, 2.05) is 5.38 Å². The Morgan fingerprint density at radius 3 is 2.29 bits per heavy atom. The summed E-state index contributed by atoms with van der Waals surface area (Å²) in [5, 5.41) is 9.10. The number of carbonyl (C=O) groups excluding carboxylic acids is 1. The standard InChI is InChI=1S/C18H20FN3OS/c19-14-7-5-12(6-8-14)15(11-1-2-11)21-18(23)22-16(13-3-4-13)17-20-9-10-24-17/h5-11,13,15-16H,1-4H2,(H2,21,22,23)/t15-,16+/m1/s1. The number of carbonyl (C=O) groups is 1. The molecular formula is C18H20FN3OS. The van der Waals surface area contributed by atoms with Crippen molar-refractivity contribution in [2.45, 2.75) is 37.8 Å². The Morgan fingerprint density at radius 1 is 1.08 bits per heavy atom. The lowest BCUT2D eigenvalue weighted by Crippen LogP contribution is -2.41. The maximum absolute atomic E-state index is 13.1. The van der Waals surface area contributed by atoms with Gasteiger partial charge in [-0.1, -0.05) is 12.1 Å². The van der Waals surface area contributed by atoms with E-state index in [2.05, 4.69) is 15.6 Å². The first kappa shape index (κ1) is 15.6. The van der Waals surface area contributed by atoms with E-state index in [4.69, 9.17) is 0 Å². The summed E-state index contributed by atoms with van der Waals surface area (Å²) in [5.41, 5.74) is 0.964. The van der Waals surface area contributed by atoms with Crippen LogP contribution in [0.3, 0.4) is 0 Å². The second-order valence-corrected chi connectivity index (χ2v) is 7.60. The first-order valence-corrected chi connectivity index (χ1v) is 9.30. The quantitative estimate of drug-likeness (QED) is 0.825. The van der Waals surface area contributed by atoms with Crippen LogP contribution in [0.25, 0.3) is 0 Å². The van der Waals surface area contributed by atoms with Crippen LogP contribution in [0.2, 0.25) is 0 Å². The summed E-state index contributed by atoms with van der Waals surface area (Å²) in [5.74, 6) is 0.683. The molecule has 2 atom stereocenters. The predicted molar refractivity (Wildman–Crippen MR) is 91.1 cm³/mol. The van der Waals surface area contributed by atoms with Crippen LogP contribution < -0.4 is 10.6 Å². The Labute approximate surface area is 144 Å². The number of hydrogen-bond donors (Lipinski definition) is 2. The van der Waals surface area contributed by atoms with Crippen LogP contribution in [-0.2, 0) is 0 Å². The SMILES string of the molecule is O=C(N[C@H](c1nccs1)C1CC1)N[C@@H](c1ccc(F)cc1)C1CC1. The van der Waals surface area contributed by atoms with Crippen LogP contribution in [0.4, 0.5) is 9.18 Å². The van der Waals surface area contributed by atoms with Crippen LogP contribution in [0, 0.1) is 17.7 Å². The molecule has 0 radical (unpaired) electrons. The molecule has 2 N–H and O–H groups in total. The molecule has 126 valence electrons. The minimum absolute atomic E-state index is 0.00179. The van der Waals surface area contributed by atoms with Crippen molar-refractivity contribution in [1.82, 2.24) is 15.6 Å². The summed E-state index contributed by atoms with van der Waals surface area (Å²) in [4.78, 5) is 16.9. The second kappa shape index (κ2) is 6.51. The Morgan fingerprint density at radius 2 is 1.71 bits per heavy atom.